The third-order valence-electron chi connectivity index (χ3n) is 3.62. The molecule has 0 radical (unpaired) electrons. The molecule has 27 heavy (non-hydrogen) atoms. The van der Waals surface area contributed by atoms with E-state index >= 15 is 0 Å². The minimum atomic E-state index is -4.60. The van der Waals surface area contributed by atoms with E-state index in [9.17, 15) is 22.8 Å². The van der Waals surface area contributed by atoms with Crippen LogP contribution in [-0.4, -0.2) is 29.2 Å². The number of aromatic nitrogens is 1. The number of anilines is 1. The van der Waals surface area contributed by atoms with Gasteiger partial charge in [-0.15, -0.1) is 0 Å². The average molecular weight is 384 g/mol. The van der Waals surface area contributed by atoms with Gasteiger partial charge < -0.3 is 19.4 Å². The summed E-state index contributed by atoms with van der Waals surface area (Å²) in [4.78, 5) is 24.0. The Hall–Kier alpha value is -2.97. The lowest BCUT2D eigenvalue weighted by molar-refractivity contribution is -0.140. The standard InChI is InChI=1S/C18H19F3N2O4/c1-4-26-17(25)14-9-12(10-23(14)3)22-16(24)11(2)27-15-8-6-5-7-13(15)18(19,20)21/h5-11H,4H2,1-3H3,(H,22,24)/t11-/m0/s1. The van der Waals surface area contributed by atoms with Gasteiger partial charge in [-0.25, -0.2) is 4.79 Å². The van der Waals surface area contributed by atoms with Crippen LogP contribution in [-0.2, 0) is 22.8 Å². The molecule has 0 bridgehead atoms. The molecule has 0 saturated carbocycles. The van der Waals surface area contributed by atoms with Crippen molar-refractivity contribution in [3.63, 3.8) is 0 Å². The van der Waals surface area contributed by atoms with Gasteiger partial charge in [-0.05, 0) is 32.0 Å². The highest BCUT2D eigenvalue weighted by Gasteiger charge is 2.34. The molecule has 0 fully saturated rings. The molecule has 0 unspecified atom stereocenters. The molecule has 0 aliphatic rings. The van der Waals surface area contributed by atoms with Crippen LogP contribution in [0, 0.1) is 0 Å². The molecule has 2 aromatic rings. The summed E-state index contributed by atoms with van der Waals surface area (Å²) >= 11 is 0. The molecule has 6 nitrogen and oxygen atoms in total. The zero-order chi connectivity index (χ0) is 20.2. The molecule has 0 saturated heterocycles. The van der Waals surface area contributed by atoms with Crippen molar-refractivity contribution in [3.8, 4) is 5.75 Å². The fraction of sp³-hybridized carbons (Fsp3) is 0.333. The third kappa shape index (κ3) is 5.02. The number of esters is 1. The number of benzene rings is 1. The molecule has 146 valence electrons. The van der Waals surface area contributed by atoms with Gasteiger partial charge in [0.2, 0.25) is 0 Å². The summed E-state index contributed by atoms with van der Waals surface area (Å²) < 4.78 is 50.6. The number of amides is 1. The largest absolute Gasteiger partial charge is 0.480 e. The van der Waals surface area contributed by atoms with E-state index in [1.807, 2.05) is 0 Å². The quantitative estimate of drug-likeness (QED) is 0.773. The van der Waals surface area contributed by atoms with Crippen molar-refractivity contribution in [1.29, 1.82) is 0 Å². The van der Waals surface area contributed by atoms with Gasteiger partial charge in [0.25, 0.3) is 5.91 Å². The Morgan fingerprint density at radius 3 is 2.56 bits per heavy atom. The maximum Gasteiger partial charge on any atom is 0.419 e. The van der Waals surface area contributed by atoms with E-state index in [0.717, 1.165) is 12.1 Å². The highest BCUT2D eigenvalue weighted by Crippen LogP contribution is 2.36. The van der Waals surface area contributed by atoms with Crippen molar-refractivity contribution in [3.05, 3.63) is 47.8 Å². The molecule has 1 amide bonds. The zero-order valence-electron chi connectivity index (χ0n) is 15.0. The molecule has 1 N–H and O–H groups in total. The second-order valence-corrected chi connectivity index (χ2v) is 5.69. The molecule has 1 aromatic heterocycles. The van der Waals surface area contributed by atoms with Crippen molar-refractivity contribution in [2.24, 2.45) is 7.05 Å². The number of ether oxygens (including phenoxy) is 2. The van der Waals surface area contributed by atoms with Crippen LogP contribution in [0.1, 0.15) is 29.9 Å². The van der Waals surface area contributed by atoms with Crippen LogP contribution >= 0.6 is 0 Å². The summed E-state index contributed by atoms with van der Waals surface area (Å²) in [5.41, 5.74) is -0.442. The summed E-state index contributed by atoms with van der Waals surface area (Å²) in [6.07, 6.45) is -4.30. The predicted octanol–water partition coefficient (Wildman–Crippen LogP) is 3.63. The molecule has 1 atom stereocenters. The third-order valence-corrected chi connectivity index (χ3v) is 3.62. The zero-order valence-corrected chi connectivity index (χ0v) is 15.0. The first-order valence-corrected chi connectivity index (χ1v) is 8.10. The van der Waals surface area contributed by atoms with E-state index in [0.29, 0.717) is 5.69 Å². The van der Waals surface area contributed by atoms with Crippen molar-refractivity contribution in [2.45, 2.75) is 26.1 Å². The first-order valence-electron chi connectivity index (χ1n) is 8.10. The predicted molar refractivity (Wildman–Crippen MR) is 91.5 cm³/mol. The molecular weight excluding hydrogens is 365 g/mol. The fourth-order valence-corrected chi connectivity index (χ4v) is 2.33. The second kappa shape index (κ2) is 8.15. The van der Waals surface area contributed by atoms with E-state index in [1.54, 1.807) is 14.0 Å². The fourth-order valence-electron chi connectivity index (χ4n) is 2.33. The number of carbonyl (C=O) groups is 2. The molecular formula is C18H19F3N2O4. The van der Waals surface area contributed by atoms with Crippen LogP contribution in [0.5, 0.6) is 5.75 Å². The van der Waals surface area contributed by atoms with Crippen LogP contribution in [0.3, 0.4) is 0 Å². The van der Waals surface area contributed by atoms with E-state index < -0.39 is 35.5 Å². The maximum atomic E-state index is 13.0. The normalized spacial score (nSPS) is 12.4. The van der Waals surface area contributed by atoms with Gasteiger partial charge in [-0.1, -0.05) is 12.1 Å². The summed E-state index contributed by atoms with van der Waals surface area (Å²) in [7, 11) is 1.60. The number of para-hydroxylation sites is 1. The van der Waals surface area contributed by atoms with E-state index in [-0.39, 0.29) is 12.3 Å². The monoisotopic (exact) mass is 384 g/mol. The summed E-state index contributed by atoms with van der Waals surface area (Å²) in [5, 5.41) is 2.50. The number of aryl methyl sites for hydroxylation is 1. The van der Waals surface area contributed by atoms with E-state index in [1.165, 1.54) is 35.9 Å². The second-order valence-electron chi connectivity index (χ2n) is 5.69. The lowest BCUT2D eigenvalue weighted by atomic mass is 10.2. The van der Waals surface area contributed by atoms with Gasteiger partial charge in [0.1, 0.15) is 11.4 Å². The Bertz CT molecular complexity index is 830. The van der Waals surface area contributed by atoms with E-state index in [2.05, 4.69) is 5.32 Å². The Morgan fingerprint density at radius 2 is 1.93 bits per heavy atom. The van der Waals surface area contributed by atoms with Gasteiger partial charge in [0, 0.05) is 13.2 Å². The number of hydrogen-bond donors (Lipinski definition) is 1. The van der Waals surface area contributed by atoms with Gasteiger partial charge in [0.15, 0.2) is 6.10 Å². The van der Waals surface area contributed by atoms with Crippen LogP contribution < -0.4 is 10.1 Å². The Labute approximate surface area is 153 Å². The van der Waals surface area contributed by atoms with Gasteiger partial charge in [-0.3, -0.25) is 4.79 Å². The molecule has 0 spiro atoms. The number of nitrogens with one attached hydrogen (secondary N) is 1. The molecule has 1 aromatic carbocycles. The topological polar surface area (TPSA) is 69.6 Å². The van der Waals surface area contributed by atoms with Crippen LogP contribution in [0.15, 0.2) is 36.5 Å². The summed E-state index contributed by atoms with van der Waals surface area (Å²) in [5.74, 6) is -1.65. The maximum absolute atomic E-state index is 13.0. The van der Waals surface area contributed by atoms with Gasteiger partial charge >= 0.3 is 12.1 Å². The lowest BCUT2D eigenvalue weighted by Crippen LogP contribution is -2.30. The summed E-state index contributed by atoms with van der Waals surface area (Å²) in [6, 6.07) is 6.06. The highest BCUT2D eigenvalue weighted by atomic mass is 19.4. The van der Waals surface area contributed by atoms with E-state index in [4.69, 9.17) is 9.47 Å². The average Bonchev–Trinajstić information content (AvgIpc) is 2.95. The number of rotatable bonds is 6. The van der Waals surface area contributed by atoms with Crippen LogP contribution in [0.4, 0.5) is 18.9 Å². The highest BCUT2D eigenvalue weighted by molar-refractivity contribution is 5.96. The van der Waals surface area contributed by atoms with Gasteiger partial charge in [0.05, 0.1) is 17.9 Å². The molecule has 9 heteroatoms. The van der Waals surface area contributed by atoms with Crippen molar-refractivity contribution in [1.82, 2.24) is 4.57 Å². The molecule has 0 aliphatic carbocycles. The van der Waals surface area contributed by atoms with Crippen LogP contribution in [0.2, 0.25) is 0 Å². The van der Waals surface area contributed by atoms with Crippen molar-refractivity contribution in [2.75, 3.05) is 11.9 Å². The number of nitrogens with zero attached hydrogens (tertiary/aromatic N) is 1. The van der Waals surface area contributed by atoms with Crippen molar-refractivity contribution < 1.29 is 32.2 Å². The van der Waals surface area contributed by atoms with Gasteiger partial charge in [-0.2, -0.15) is 13.2 Å². The number of carbonyl (C=O) groups excluding carboxylic acids is 2. The Kier molecular flexibility index (Phi) is 6.14. The number of halogens is 3. The first kappa shape index (κ1) is 20.3. The summed E-state index contributed by atoms with van der Waals surface area (Å²) in [6.45, 7) is 3.20. The molecule has 0 aliphatic heterocycles. The number of alkyl halides is 3. The molecule has 1 heterocycles. The smallest absolute Gasteiger partial charge is 0.419 e. The minimum absolute atomic E-state index is 0.204. The Morgan fingerprint density at radius 1 is 1.26 bits per heavy atom. The SMILES string of the molecule is CCOC(=O)c1cc(NC(=O)[C@H](C)Oc2ccccc2C(F)(F)F)cn1C. The minimum Gasteiger partial charge on any atom is -0.480 e. The lowest BCUT2D eigenvalue weighted by Gasteiger charge is -2.18. The first-order chi connectivity index (χ1) is 12.6. The van der Waals surface area contributed by atoms with Crippen molar-refractivity contribution >= 4 is 17.6 Å². The van der Waals surface area contributed by atoms with Crippen LogP contribution in [0.25, 0.3) is 0 Å². The number of hydrogen-bond acceptors (Lipinski definition) is 4. The Balaban J connectivity index is 2.09. The molecule has 2 rings (SSSR count).